The van der Waals surface area contributed by atoms with Crippen molar-refractivity contribution in [3.8, 4) is 0 Å². The van der Waals surface area contributed by atoms with Crippen LogP contribution in [0.1, 0.15) is 54.5 Å². The Morgan fingerprint density at radius 1 is 1.14 bits per heavy atom. The third-order valence-corrected chi connectivity index (χ3v) is 5.69. The van der Waals surface area contributed by atoms with Gasteiger partial charge in [-0.25, -0.2) is 8.78 Å². The maximum Gasteiger partial charge on any atom is 0.126 e. The highest BCUT2D eigenvalue weighted by atomic mass is 19.1. The fraction of sp³-hybridized carbons (Fsp3) is 0.478. The number of nitrogens with two attached hydrogens (primary N) is 1. The minimum atomic E-state index is -0.710. The Morgan fingerprint density at radius 2 is 1.89 bits per heavy atom. The van der Waals surface area contributed by atoms with Gasteiger partial charge in [0, 0.05) is 24.7 Å². The normalized spacial score (nSPS) is 18.5. The molecule has 3 nitrogen and oxygen atoms in total. The standard InChI is InChI=1S/C23H30F2N2O/c1-2-15-6-8-17-4-3-5-22(20(17)12-15)27-14-23(28)21(26)9-7-16-10-18(24)13-19(25)11-16/h6,8,10-13,21-23,27-28H,2-5,7,9,14,26H2,1H3. The molecule has 0 spiro atoms. The molecule has 0 fully saturated rings. The molecule has 0 aromatic heterocycles. The first kappa shape index (κ1) is 20.9. The largest absolute Gasteiger partial charge is 0.390 e. The number of hydrogen-bond donors (Lipinski definition) is 3. The van der Waals surface area contributed by atoms with E-state index in [2.05, 4.69) is 30.4 Å². The molecule has 4 N–H and O–H groups in total. The van der Waals surface area contributed by atoms with E-state index in [1.54, 1.807) is 0 Å². The van der Waals surface area contributed by atoms with Crippen molar-refractivity contribution in [2.75, 3.05) is 6.54 Å². The predicted molar refractivity (Wildman–Crippen MR) is 108 cm³/mol. The lowest BCUT2D eigenvalue weighted by molar-refractivity contribution is 0.133. The van der Waals surface area contributed by atoms with Gasteiger partial charge < -0.3 is 16.2 Å². The van der Waals surface area contributed by atoms with Gasteiger partial charge >= 0.3 is 0 Å². The quantitative estimate of drug-likeness (QED) is 0.644. The number of fused-ring (bicyclic) bond motifs is 1. The molecular weight excluding hydrogens is 358 g/mol. The van der Waals surface area contributed by atoms with E-state index in [1.807, 2.05) is 0 Å². The number of nitrogens with one attached hydrogen (secondary N) is 1. The summed E-state index contributed by atoms with van der Waals surface area (Å²) in [5.41, 5.74) is 10.7. The zero-order valence-corrected chi connectivity index (χ0v) is 16.4. The lowest BCUT2D eigenvalue weighted by Gasteiger charge is -2.29. The van der Waals surface area contributed by atoms with Crippen LogP contribution < -0.4 is 11.1 Å². The first-order valence-electron chi connectivity index (χ1n) is 10.2. The highest BCUT2D eigenvalue weighted by molar-refractivity contribution is 5.36. The van der Waals surface area contributed by atoms with Crippen LogP contribution in [0.15, 0.2) is 36.4 Å². The van der Waals surface area contributed by atoms with E-state index in [0.717, 1.165) is 31.7 Å². The Balaban J connectivity index is 1.53. The van der Waals surface area contributed by atoms with Crippen LogP contribution in [0.5, 0.6) is 0 Å². The smallest absolute Gasteiger partial charge is 0.126 e. The number of rotatable bonds is 8. The summed E-state index contributed by atoms with van der Waals surface area (Å²) in [6.45, 7) is 2.55. The lowest BCUT2D eigenvalue weighted by Crippen LogP contribution is -2.43. The molecule has 28 heavy (non-hydrogen) atoms. The van der Waals surface area contributed by atoms with Crippen LogP contribution >= 0.6 is 0 Å². The SMILES string of the molecule is CCc1ccc2c(c1)C(NCC(O)C(N)CCc1cc(F)cc(F)c1)CCC2. The van der Waals surface area contributed by atoms with Crippen molar-refractivity contribution in [1.29, 1.82) is 0 Å². The molecule has 2 aromatic carbocycles. The van der Waals surface area contributed by atoms with Crippen molar-refractivity contribution < 1.29 is 13.9 Å². The van der Waals surface area contributed by atoms with Crippen LogP contribution in [0.3, 0.4) is 0 Å². The van der Waals surface area contributed by atoms with Crippen LogP contribution in [-0.2, 0) is 19.3 Å². The highest BCUT2D eigenvalue weighted by Gasteiger charge is 2.22. The summed E-state index contributed by atoms with van der Waals surface area (Å²) in [7, 11) is 0. The monoisotopic (exact) mass is 388 g/mol. The van der Waals surface area contributed by atoms with Gasteiger partial charge in [0.05, 0.1) is 6.10 Å². The number of aliphatic hydroxyl groups is 1. The van der Waals surface area contributed by atoms with Crippen LogP contribution in [0.25, 0.3) is 0 Å². The van der Waals surface area contributed by atoms with Crippen LogP contribution in [0.2, 0.25) is 0 Å². The van der Waals surface area contributed by atoms with Crippen molar-refractivity contribution in [2.24, 2.45) is 5.73 Å². The Hall–Kier alpha value is -1.82. The van der Waals surface area contributed by atoms with Gasteiger partial charge in [-0.05, 0) is 72.9 Å². The number of halogens is 2. The van der Waals surface area contributed by atoms with Gasteiger partial charge in [-0.2, -0.15) is 0 Å². The average Bonchev–Trinajstić information content (AvgIpc) is 2.69. The molecule has 2 aromatic rings. The maximum absolute atomic E-state index is 13.3. The van der Waals surface area contributed by atoms with E-state index < -0.39 is 23.8 Å². The van der Waals surface area contributed by atoms with Gasteiger partial charge in [-0.3, -0.25) is 0 Å². The minimum Gasteiger partial charge on any atom is -0.390 e. The molecule has 1 aliphatic carbocycles. The van der Waals surface area contributed by atoms with E-state index in [1.165, 1.54) is 28.8 Å². The molecule has 0 heterocycles. The summed E-state index contributed by atoms with van der Waals surface area (Å²) in [5.74, 6) is -1.18. The Kier molecular flexibility index (Phi) is 7.16. The highest BCUT2D eigenvalue weighted by Crippen LogP contribution is 2.30. The second kappa shape index (κ2) is 9.59. The Bertz CT molecular complexity index is 776. The van der Waals surface area contributed by atoms with Gasteiger partial charge in [0.2, 0.25) is 0 Å². The maximum atomic E-state index is 13.3. The molecule has 0 aliphatic heterocycles. The second-order valence-electron chi connectivity index (χ2n) is 7.79. The topological polar surface area (TPSA) is 58.3 Å². The number of aliphatic hydroxyl groups excluding tert-OH is 1. The molecular formula is C23H30F2N2O. The molecule has 5 heteroatoms. The summed E-state index contributed by atoms with van der Waals surface area (Å²) >= 11 is 0. The van der Waals surface area contributed by atoms with Gasteiger partial charge in [0.1, 0.15) is 11.6 Å². The fourth-order valence-corrected chi connectivity index (χ4v) is 3.98. The van der Waals surface area contributed by atoms with Crippen molar-refractivity contribution in [2.45, 2.75) is 63.6 Å². The van der Waals surface area contributed by atoms with Gasteiger partial charge in [0.25, 0.3) is 0 Å². The molecule has 0 saturated heterocycles. The van der Waals surface area contributed by atoms with Gasteiger partial charge in [-0.1, -0.05) is 25.1 Å². The second-order valence-corrected chi connectivity index (χ2v) is 7.79. The number of aryl methyl sites for hydroxylation is 3. The summed E-state index contributed by atoms with van der Waals surface area (Å²) in [5, 5.41) is 13.9. The van der Waals surface area contributed by atoms with E-state index in [-0.39, 0.29) is 6.04 Å². The molecule has 0 saturated carbocycles. The predicted octanol–water partition coefficient (Wildman–Crippen LogP) is 3.82. The molecule has 1 aliphatic rings. The zero-order valence-electron chi connectivity index (χ0n) is 16.4. The summed E-state index contributed by atoms with van der Waals surface area (Å²) < 4.78 is 26.6. The molecule has 3 atom stereocenters. The molecule has 0 amide bonds. The fourth-order valence-electron chi connectivity index (χ4n) is 3.98. The van der Waals surface area contributed by atoms with Crippen molar-refractivity contribution in [3.63, 3.8) is 0 Å². The molecule has 152 valence electrons. The first-order chi connectivity index (χ1) is 13.5. The molecule has 0 radical (unpaired) electrons. The van der Waals surface area contributed by atoms with Crippen LogP contribution in [0.4, 0.5) is 8.78 Å². The Morgan fingerprint density at radius 3 is 2.61 bits per heavy atom. The molecule has 3 unspecified atom stereocenters. The van der Waals surface area contributed by atoms with Gasteiger partial charge in [0.15, 0.2) is 0 Å². The van der Waals surface area contributed by atoms with Gasteiger partial charge in [-0.15, -0.1) is 0 Å². The van der Waals surface area contributed by atoms with E-state index in [0.29, 0.717) is 24.9 Å². The third kappa shape index (κ3) is 5.37. The van der Waals surface area contributed by atoms with Crippen LogP contribution in [0, 0.1) is 11.6 Å². The average molecular weight is 389 g/mol. The minimum absolute atomic E-state index is 0.231. The lowest BCUT2D eigenvalue weighted by atomic mass is 9.86. The van der Waals surface area contributed by atoms with Crippen LogP contribution in [-0.4, -0.2) is 23.8 Å². The third-order valence-electron chi connectivity index (χ3n) is 5.69. The van der Waals surface area contributed by atoms with Crippen molar-refractivity contribution in [1.82, 2.24) is 5.32 Å². The summed E-state index contributed by atoms with van der Waals surface area (Å²) in [6.07, 6.45) is 4.47. The Labute approximate surface area is 166 Å². The molecule has 3 rings (SSSR count). The van der Waals surface area contributed by atoms with E-state index >= 15 is 0 Å². The van der Waals surface area contributed by atoms with E-state index in [9.17, 15) is 13.9 Å². The summed E-state index contributed by atoms with van der Waals surface area (Å²) in [4.78, 5) is 0. The van der Waals surface area contributed by atoms with Crippen molar-refractivity contribution in [3.05, 3.63) is 70.3 Å². The zero-order chi connectivity index (χ0) is 20.1. The number of hydrogen-bond acceptors (Lipinski definition) is 3. The molecule has 0 bridgehead atoms. The summed E-state index contributed by atoms with van der Waals surface area (Å²) in [6, 6.07) is 9.95. The van der Waals surface area contributed by atoms with Crippen molar-refractivity contribution >= 4 is 0 Å². The first-order valence-corrected chi connectivity index (χ1v) is 10.2. The number of benzene rings is 2. The van der Waals surface area contributed by atoms with E-state index in [4.69, 9.17) is 5.73 Å².